The van der Waals surface area contributed by atoms with E-state index in [1.807, 2.05) is 27.7 Å². The zero-order chi connectivity index (χ0) is 18.6. The summed E-state index contributed by atoms with van der Waals surface area (Å²) >= 11 is 0. The van der Waals surface area contributed by atoms with Crippen molar-refractivity contribution in [1.29, 1.82) is 0 Å². The molecule has 0 spiro atoms. The Bertz CT molecular complexity index is 731. The molecule has 0 aliphatic heterocycles. The van der Waals surface area contributed by atoms with Crippen LogP contribution in [0.4, 0.5) is 0 Å². The number of carbonyl (C=O) groups excluding carboxylic acids is 1. The second kappa shape index (κ2) is 7.89. The first kappa shape index (κ1) is 19.3. The van der Waals surface area contributed by atoms with E-state index in [4.69, 9.17) is 4.74 Å². The number of phenols is 1. The maximum Gasteiger partial charge on any atom is 0.354 e. The van der Waals surface area contributed by atoms with Crippen molar-refractivity contribution in [2.24, 2.45) is 0 Å². The number of ether oxygens (including phenoxy) is 1. The summed E-state index contributed by atoms with van der Waals surface area (Å²) in [6, 6.07) is 4.81. The minimum atomic E-state index is -0.762. The molecule has 0 aliphatic carbocycles. The first-order chi connectivity index (χ1) is 11.7. The number of carbonyl (C=O) groups is 1. The highest BCUT2D eigenvalue weighted by atomic mass is 16.5. The Hall–Kier alpha value is -2.05. The Balaban J connectivity index is 2.27. The Kier molecular flexibility index (Phi) is 6.08. The number of fused-ring (bicyclic) bond motifs is 1. The molecule has 6 nitrogen and oxygen atoms in total. The number of aliphatic hydroxyl groups is 1. The summed E-state index contributed by atoms with van der Waals surface area (Å²) in [7, 11) is 0. The molecular weight excluding hydrogens is 320 g/mol. The van der Waals surface area contributed by atoms with E-state index in [1.54, 1.807) is 12.1 Å². The van der Waals surface area contributed by atoms with Gasteiger partial charge < -0.3 is 25.3 Å². The van der Waals surface area contributed by atoms with E-state index >= 15 is 0 Å². The highest BCUT2D eigenvalue weighted by molar-refractivity contribution is 5.98. The summed E-state index contributed by atoms with van der Waals surface area (Å²) in [6.45, 7) is 8.81. The summed E-state index contributed by atoms with van der Waals surface area (Å²) in [6.07, 6.45) is 0.986. The van der Waals surface area contributed by atoms with Crippen molar-refractivity contribution in [3.8, 4) is 5.75 Å². The number of nitrogens with one attached hydrogen (secondary N) is 2. The lowest BCUT2D eigenvalue weighted by atomic mass is 10.0. The van der Waals surface area contributed by atoms with Crippen LogP contribution < -0.4 is 5.32 Å². The van der Waals surface area contributed by atoms with Crippen LogP contribution in [0.25, 0.3) is 10.9 Å². The fourth-order valence-corrected chi connectivity index (χ4v) is 2.53. The average molecular weight is 348 g/mol. The Morgan fingerprint density at radius 3 is 2.72 bits per heavy atom. The van der Waals surface area contributed by atoms with Crippen molar-refractivity contribution < 1.29 is 19.7 Å². The van der Waals surface area contributed by atoms with Crippen LogP contribution in [-0.2, 0) is 4.74 Å². The van der Waals surface area contributed by atoms with Crippen LogP contribution in [0.3, 0.4) is 0 Å². The van der Waals surface area contributed by atoms with Gasteiger partial charge in [-0.15, -0.1) is 0 Å². The number of aromatic hydroxyl groups is 1. The van der Waals surface area contributed by atoms with Crippen LogP contribution in [0.5, 0.6) is 5.75 Å². The predicted octanol–water partition coefficient (Wildman–Crippen LogP) is 3.25. The molecule has 0 fully saturated rings. The third-order valence-electron chi connectivity index (χ3n) is 3.94. The summed E-state index contributed by atoms with van der Waals surface area (Å²) in [4.78, 5) is 15.0. The third kappa shape index (κ3) is 4.96. The molecule has 1 unspecified atom stereocenters. The number of β-amino-alcohol motifs (C(OH)–C–C–N with tert-alkyl or cyclic N) is 1. The summed E-state index contributed by atoms with van der Waals surface area (Å²) in [5.74, 6) is -0.431. The molecule has 138 valence electrons. The van der Waals surface area contributed by atoms with Crippen LogP contribution in [0.1, 0.15) is 62.7 Å². The molecule has 0 saturated heterocycles. The van der Waals surface area contributed by atoms with Gasteiger partial charge in [-0.05, 0) is 44.9 Å². The van der Waals surface area contributed by atoms with Gasteiger partial charge in [0.1, 0.15) is 11.4 Å². The number of aliphatic hydroxyl groups excluding tert-OH is 1. The molecule has 0 bridgehead atoms. The number of benzene rings is 1. The van der Waals surface area contributed by atoms with Gasteiger partial charge in [0.15, 0.2) is 0 Å². The van der Waals surface area contributed by atoms with Gasteiger partial charge in [0, 0.05) is 17.5 Å². The normalized spacial score (nSPS) is 13.2. The van der Waals surface area contributed by atoms with Crippen molar-refractivity contribution in [1.82, 2.24) is 10.3 Å². The van der Waals surface area contributed by atoms with Crippen LogP contribution >= 0.6 is 0 Å². The molecule has 1 aromatic carbocycles. The van der Waals surface area contributed by atoms with Gasteiger partial charge in [-0.25, -0.2) is 4.79 Å². The number of rotatable bonds is 7. The van der Waals surface area contributed by atoms with Crippen LogP contribution in [0.2, 0.25) is 0 Å². The van der Waals surface area contributed by atoms with Crippen molar-refractivity contribution >= 4 is 16.9 Å². The Morgan fingerprint density at radius 1 is 1.36 bits per heavy atom. The van der Waals surface area contributed by atoms with Gasteiger partial charge in [0.25, 0.3) is 0 Å². The van der Waals surface area contributed by atoms with E-state index in [2.05, 4.69) is 10.3 Å². The number of hydrogen-bond donors (Lipinski definition) is 4. The number of H-pyrrole nitrogens is 1. The van der Waals surface area contributed by atoms with Gasteiger partial charge in [-0.1, -0.05) is 19.4 Å². The van der Waals surface area contributed by atoms with Gasteiger partial charge in [0.2, 0.25) is 0 Å². The lowest BCUT2D eigenvalue weighted by molar-refractivity contribution is 0.0494. The van der Waals surface area contributed by atoms with E-state index in [1.165, 1.54) is 6.07 Å². The molecule has 2 rings (SSSR count). The Morgan fingerprint density at radius 2 is 2.08 bits per heavy atom. The second-order valence-electron chi connectivity index (χ2n) is 7.28. The van der Waals surface area contributed by atoms with Gasteiger partial charge in [0.05, 0.1) is 18.2 Å². The van der Waals surface area contributed by atoms with E-state index in [0.29, 0.717) is 29.6 Å². The first-order valence-corrected chi connectivity index (χ1v) is 8.67. The molecule has 25 heavy (non-hydrogen) atoms. The number of hydrogen-bond acceptors (Lipinski definition) is 5. The maximum absolute atomic E-state index is 12.1. The number of aromatic amines is 1. The van der Waals surface area contributed by atoms with Crippen molar-refractivity contribution in [3.63, 3.8) is 0 Å². The summed E-state index contributed by atoms with van der Waals surface area (Å²) in [5.41, 5.74) is 1.22. The summed E-state index contributed by atoms with van der Waals surface area (Å²) < 4.78 is 5.20. The summed E-state index contributed by atoms with van der Waals surface area (Å²) in [5, 5.41) is 24.5. The van der Waals surface area contributed by atoms with E-state index < -0.39 is 12.1 Å². The molecule has 0 amide bonds. The van der Waals surface area contributed by atoms with Crippen molar-refractivity contribution in [2.75, 3.05) is 13.2 Å². The molecule has 6 heteroatoms. The zero-order valence-corrected chi connectivity index (χ0v) is 15.3. The molecule has 0 radical (unpaired) electrons. The standard InChI is InChI=1S/C19H28N2O4/c1-5-6-9-25-18(24)14-10-13-12(7-8-15(22)17(13)21-14)16(23)11-20-19(2,3)4/h7-8,10,16,20-23H,5-6,9,11H2,1-4H3. The highest BCUT2D eigenvalue weighted by Gasteiger charge is 2.20. The quantitative estimate of drug-likeness (QED) is 0.455. The van der Waals surface area contributed by atoms with Crippen LogP contribution in [-0.4, -0.2) is 39.9 Å². The van der Waals surface area contributed by atoms with E-state index in [0.717, 1.165) is 12.8 Å². The fraction of sp³-hybridized carbons (Fsp3) is 0.526. The first-order valence-electron chi connectivity index (χ1n) is 8.67. The van der Waals surface area contributed by atoms with E-state index in [-0.39, 0.29) is 17.0 Å². The second-order valence-corrected chi connectivity index (χ2v) is 7.28. The fourth-order valence-electron chi connectivity index (χ4n) is 2.53. The average Bonchev–Trinajstić information content (AvgIpc) is 2.98. The van der Waals surface area contributed by atoms with Crippen LogP contribution in [0.15, 0.2) is 18.2 Å². The SMILES string of the molecule is CCCCOC(=O)c1cc2c(C(O)CNC(C)(C)C)ccc(O)c2[nH]1. The smallest absolute Gasteiger partial charge is 0.354 e. The third-order valence-corrected chi connectivity index (χ3v) is 3.94. The van der Waals surface area contributed by atoms with Gasteiger partial charge in [-0.2, -0.15) is 0 Å². The zero-order valence-electron chi connectivity index (χ0n) is 15.3. The molecule has 1 heterocycles. The molecule has 1 atom stereocenters. The molecule has 0 saturated carbocycles. The number of unbranched alkanes of at least 4 members (excludes halogenated alkanes) is 1. The van der Waals surface area contributed by atoms with Crippen molar-refractivity contribution in [2.45, 2.75) is 52.2 Å². The highest BCUT2D eigenvalue weighted by Crippen LogP contribution is 2.31. The van der Waals surface area contributed by atoms with Crippen molar-refractivity contribution in [3.05, 3.63) is 29.5 Å². The minimum absolute atomic E-state index is 0.0299. The van der Waals surface area contributed by atoms with Gasteiger partial charge >= 0.3 is 5.97 Å². The molecule has 1 aromatic heterocycles. The van der Waals surface area contributed by atoms with Gasteiger partial charge in [-0.3, -0.25) is 0 Å². The monoisotopic (exact) mass is 348 g/mol. The topological polar surface area (TPSA) is 94.6 Å². The number of esters is 1. The lowest BCUT2D eigenvalue weighted by Gasteiger charge is -2.23. The maximum atomic E-state index is 12.1. The molecule has 4 N–H and O–H groups in total. The molecule has 0 aliphatic rings. The number of aromatic nitrogens is 1. The van der Waals surface area contributed by atoms with Crippen LogP contribution in [0, 0.1) is 0 Å². The van der Waals surface area contributed by atoms with E-state index in [9.17, 15) is 15.0 Å². The minimum Gasteiger partial charge on any atom is -0.506 e. The lowest BCUT2D eigenvalue weighted by Crippen LogP contribution is -2.38. The molecular formula is C19H28N2O4. The number of phenolic OH excluding ortho intramolecular Hbond substituents is 1. The predicted molar refractivity (Wildman–Crippen MR) is 97.9 cm³/mol. The Labute approximate surface area is 148 Å². The molecule has 2 aromatic rings. The largest absolute Gasteiger partial charge is 0.506 e.